The Bertz CT molecular complexity index is 827. The molecule has 4 nitrogen and oxygen atoms in total. The Morgan fingerprint density at radius 2 is 2.26 bits per heavy atom. The van der Waals surface area contributed by atoms with E-state index in [2.05, 4.69) is 47.3 Å². The molecule has 2 aromatic rings. The predicted octanol–water partition coefficient (Wildman–Crippen LogP) is 4.20. The molecule has 0 bridgehead atoms. The molecular formula is C18H20N4S. The van der Waals surface area contributed by atoms with E-state index in [0.29, 0.717) is 0 Å². The molecule has 3 rings (SSSR count). The van der Waals surface area contributed by atoms with Crippen LogP contribution in [0.5, 0.6) is 0 Å². The number of nitrogens with one attached hydrogen (secondary N) is 2. The van der Waals surface area contributed by atoms with Gasteiger partial charge in [0.1, 0.15) is 10.7 Å². The van der Waals surface area contributed by atoms with Crippen molar-refractivity contribution in [2.24, 2.45) is 4.99 Å². The molecule has 1 aliphatic rings. The summed E-state index contributed by atoms with van der Waals surface area (Å²) in [6, 6.07) is 6.23. The summed E-state index contributed by atoms with van der Waals surface area (Å²) in [5, 5.41) is 8.61. The van der Waals surface area contributed by atoms with Gasteiger partial charge in [-0.05, 0) is 37.6 Å². The lowest BCUT2D eigenvalue weighted by molar-refractivity contribution is 0.935. The third kappa shape index (κ3) is 3.51. The third-order valence-corrected chi connectivity index (χ3v) is 4.58. The summed E-state index contributed by atoms with van der Waals surface area (Å²) in [7, 11) is 1.87. The van der Waals surface area contributed by atoms with Gasteiger partial charge in [-0.1, -0.05) is 29.6 Å². The largest absolute Gasteiger partial charge is 0.393 e. The number of anilines is 1. The maximum Gasteiger partial charge on any atom is 0.125 e. The van der Waals surface area contributed by atoms with Gasteiger partial charge >= 0.3 is 0 Å². The minimum absolute atomic E-state index is 0.857. The summed E-state index contributed by atoms with van der Waals surface area (Å²) in [5.41, 5.74) is 3.25. The number of allylic oxidation sites excluding steroid dienone is 2. The molecular weight excluding hydrogens is 304 g/mol. The third-order valence-electron chi connectivity index (χ3n) is 3.62. The molecule has 0 saturated carbocycles. The second-order valence-electron chi connectivity index (χ2n) is 5.43. The van der Waals surface area contributed by atoms with E-state index in [1.165, 1.54) is 5.57 Å². The number of rotatable bonds is 4. The molecule has 23 heavy (non-hydrogen) atoms. The molecule has 1 aliphatic heterocycles. The maximum atomic E-state index is 4.74. The van der Waals surface area contributed by atoms with Gasteiger partial charge in [0, 0.05) is 30.8 Å². The number of thiophene rings is 1. The van der Waals surface area contributed by atoms with Gasteiger partial charge in [0.25, 0.3) is 0 Å². The molecule has 0 spiro atoms. The standard InChI is InChI=1S/C18H20N4S/c1-4-13(11-19-3)15-6-5-14-10-17(23-18(14)21-15)22-16-9-12(2)7-8-20-16/h4-6,9-11,19H,1,7-8H2,2-3H3,(H,20,22)/b13-11+. The number of dihydropyridines is 1. The number of pyridine rings is 1. The lowest BCUT2D eigenvalue weighted by Crippen LogP contribution is -2.12. The molecule has 0 fully saturated rings. The summed E-state index contributed by atoms with van der Waals surface area (Å²) < 4.78 is 0. The summed E-state index contributed by atoms with van der Waals surface area (Å²) in [6.45, 7) is 6.84. The molecule has 0 unspecified atom stereocenters. The summed E-state index contributed by atoms with van der Waals surface area (Å²) >= 11 is 1.64. The number of nitrogens with zero attached hydrogens (tertiary/aromatic N) is 2. The topological polar surface area (TPSA) is 49.3 Å². The van der Waals surface area contributed by atoms with E-state index in [4.69, 9.17) is 4.98 Å². The van der Waals surface area contributed by atoms with E-state index in [1.54, 1.807) is 11.3 Å². The van der Waals surface area contributed by atoms with Crippen molar-refractivity contribution in [1.29, 1.82) is 0 Å². The fourth-order valence-corrected chi connectivity index (χ4v) is 3.38. The molecule has 5 heteroatoms. The summed E-state index contributed by atoms with van der Waals surface area (Å²) in [6.07, 6.45) is 6.86. The van der Waals surface area contributed by atoms with Crippen LogP contribution in [0.3, 0.4) is 0 Å². The van der Waals surface area contributed by atoms with Crippen LogP contribution in [0.4, 0.5) is 5.00 Å². The smallest absolute Gasteiger partial charge is 0.125 e. The zero-order valence-corrected chi connectivity index (χ0v) is 14.2. The Labute approximate surface area is 140 Å². The summed E-state index contributed by atoms with van der Waals surface area (Å²) in [4.78, 5) is 10.3. The Balaban J connectivity index is 1.89. The van der Waals surface area contributed by atoms with Crippen LogP contribution in [0.2, 0.25) is 0 Å². The number of hydrogen-bond donors (Lipinski definition) is 2. The Morgan fingerprint density at radius 3 is 3.00 bits per heavy atom. The highest BCUT2D eigenvalue weighted by Crippen LogP contribution is 2.30. The second kappa shape index (κ2) is 6.79. The van der Waals surface area contributed by atoms with Crippen molar-refractivity contribution in [1.82, 2.24) is 10.3 Å². The molecule has 0 saturated heterocycles. The molecule has 3 heterocycles. The lowest BCUT2D eigenvalue weighted by Gasteiger charge is -2.10. The minimum Gasteiger partial charge on any atom is -0.393 e. The highest BCUT2D eigenvalue weighted by molar-refractivity contribution is 7.22. The number of hydrogen-bond acceptors (Lipinski definition) is 5. The predicted molar refractivity (Wildman–Crippen MR) is 101 cm³/mol. The lowest BCUT2D eigenvalue weighted by atomic mass is 10.1. The summed E-state index contributed by atoms with van der Waals surface area (Å²) in [5.74, 6) is 0.933. The van der Waals surface area contributed by atoms with E-state index in [1.807, 2.05) is 25.4 Å². The van der Waals surface area contributed by atoms with Crippen molar-refractivity contribution in [3.63, 3.8) is 0 Å². The molecule has 2 N–H and O–H groups in total. The average Bonchev–Trinajstić information content (AvgIpc) is 2.93. The second-order valence-corrected chi connectivity index (χ2v) is 6.46. The number of aliphatic imine (C=N–C) groups is 1. The Morgan fingerprint density at radius 1 is 1.39 bits per heavy atom. The first-order chi connectivity index (χ1) is 11.2. The van der Waals surface area contributed by atoms with Gasteiger partial charge in [0.05, 0.1) is 10.7 Å². The van der Waals surface area contributed by atoms with Gasteiger partial charge in [-0.25, -0.2) is 4.98 Å². The van der Waals surface area contributed by atoms with Gasteiger partial charge in [0.2, 0.25) is 0 Å². The van der Waals surface area contributed by atoms with Crippen molar-refractivity contribution < 1.29 is 0 Å². The number of aromatic nitrogens is 1. The quantitative estimate of drug-likeness (QED) is 0.829. The van der Waals surface area contributed by atoms with E-state index >= 15 is 0 Å². The number of amidine groups is 1. The monoisotopic (exact) mass is 324 g/mol. The molecule has 0 amide bonds. The van der Waals surface area contributed by atoms with Gasteiger partial charge in [-0.3, -0.25) is 4.99 Å². The zero-order valence-electron chi connectivity index (χ0n) is 13.4. The normalized spacial score (nSPS) is 15.1. The molecule has 0 radical (unpaired) electrons. The van der Waals surface area contributed by atoms with Crippen LogP contribution >= 0.6 is 11.3 Å². The first-order valence-electron chi connectivity index (χ1n) is 7.59. The van der Waals surface area contributed by atoms with Crippen molar-refractivity contribution in [3.8, 4) is 0 Å². The van der Waals surface area contributed by atoms with Gasteiger partial charge < -0.3 is 10.6 Å². The average molecular weight is 324 g/mol. The minimum atomic E-state index is 0.857. The van der Waals surface area contributed by atoms with E-state index in [0.717, 1.165) is 45.3 Å². The van der Waals surface area contributed by atoms with E-state index in [9.17, 15) is 0 Å². The van der Waals surface area contributed by atoms with Crippen LogP contribution < -0.4 is 10.6 Å². The van der Waals surface area contributed by atoms with Gasteiger partial charge in [0.15, 0.2) is 0 Å². The Kier molecular flexibility index (Phi) is 4.57. The van der Waals surface area contributed by atoms with Gasteiger partial charge in [-0.2, -0.15) is 0 Å². The van der Waals surface area contributed by atoms with Crippen LogP contribution in [0.25, 0.3) is 15.8 Å². The van der Waals surface area contributed by atoms with Crippen molar-refractivity contribution in [2.45, 2.75) is 13.3 Å². The fourth-order valence-electron chi connectivity index (χ4n) is 2.44. The first kappa shape index (κ1) is 15.5. The highest BCUT2D eigenvalue weighted by atomic mass is 32.1. The molecule has 0 aromatic carbocycles. The molecule has 118 valence electrons. The number of fused-ring (bicyclic) bond motifs is 1. The van der Waals surface area contributed by atoms with Crippen LogP contribution in [-0.2, 0) is 0 Å². The van der Waals surface area contributed by atoms with Crippen LogP contribution in [-0.4, -0.2) is 24.4 Å². The van der Waals surface area contributed by atoms with Crippen molar-refractivity contribution in [2.75, 3.05) is 18.9 Å². The van der Waals surface area contributed by atoms with Gasteiger partial charge in [-0.15, -0.1) is 0 Å². The zero-order chi connectivity index (χ0) is 16.2. The molecule has 2 aromatic heterocycles. The first-order valence-corrected chi connectivity index (χ1v) is 8.41. The van der Waals surface area contributed by atoms with E-state index in [-0.39, 0.29) is 0 Å². The van der Waals surface area contributed by atoms with Crippen LogP contribution in [0.1, 0.15) is 19.0 Å². The highest BCUT2D eigenvalue weighted by Gasteiger charge is 2.09. The van der Waals surface area contributed by atoms with Crippen molar-refractivity contribution >= 4 is 38.0 Å². The molecule has 0 atom stereocenters. The maximum absolute atomic E-state index is 4.74. The van der Waals surface area contributed by atoms with Crippen LogP contribution in [0.15, 0.2) is 53.7 Å². The van der Waals surface area contributed by atoms with Crippen molar-refractivity contribution in [3.05, 3.63) is 54.4 Å². The van der Waals surface area contributed by atoms with Crippen LogP contribution in [0, 0.1) is 0 Å². The SMILES string of the molecule is C=C/C(=C\NC)c1ccc2cc(NC3=NCCC(C)=C3)sc2n1. The van der Waals surface area contributed by atoms with E-state index < -0.39 is 0 Å². The fraction of sp³-hybridized carbons (Fsp3) is 0.222. The Hall–Kier alpha value is -2.40. The molecule has 0 aliphatic carbocycles.